The Hall–Kier alpha value is -1.42. The number of rotatable bonds is 8. The maximum atomic E-state index is 12.9. The number of methoxy groups -OCH3 is 1. The lowest BCUT2D eigenvalue weighted by atomic mass is 10.1. The third-order valence-corrected chi connectivity index (χ3v) is 3.51. The Labute approximate surface area is 120 Å². The summed E-state index contributed by atoms with van der Waals surface area (Å²) in [5.41, 5.74) is 0.838. The lowest BCUT2D eigenvalue weighted by Gasteiger charge is -2.30. The fraction of sp³-hybridized carbons (Fsp3) is 0.562. The highest BCUT2D eigenvalue weighted by Crippen LogP contribution is 2.12. The maximum absolute atomic E-state index is 12.9. The quantitative estimate of drug-likeness (QED) is 0.733. The van der Waals surface area contributed by atoms with Gasteiger partial charge in [-0.3, -0.25) is 4.79 Å². The fourth-order valence-electron chi connectivity index (χ4n) is 2.31. The number of carbonyl (C=O) groups is 1. The van der Waals surface area contributed by atoms with E-state index in [9.17, 15) is 9.18 Å². The van der Waals surface area contributed by atoms with Crippen LogP contribution in [0.2, 0.25) is 0 Å². The van der Waals surface area contributed by atoms with E-state index in [1.165, 1.54) is 12.1 Å². The van der Waals surface area contributed by atoms with Crippen LogP contribution < -0.4 is 0 Å². The van der Waals surface area contributed by atoms with Crippen molar-refractivity contribution in [1.82, 2.24) is 4.90 Å². The van der Waals surface area contributed by atoms with Crippen molar-refractivity contribution >= 4 is 5.91 Å². The number of carbonyl (C=O) groups excluding carboxylic acids is 1. The minimum Gasteiger partial charge on any atom is -0.383 e. The van der Waals surface area contributed by atoms with Crippen molar-refractivity contribution in [3.8, 4) is 0 Å². The van der Waals surface area contributed by atoms with Gasteiger partial charge in [-0.05, 0) is 30.5 Å². The average molecular weight is 281 g/mol. The van der Waals surface area contributed by atoms with E-state index in [2.05, 4.69) is 13.8 Å². The van der Waals surface area contributed by atoms with E-state index in [-0.39, 0.29) is 17.8 Å². The Bertz CT molecular complexity index is 401. The summed E-state index contributed by atoms with van der Waals surface area (Å²) in [6.45, 7) is 5.30. The van der Waals surface area contributed by atoms with Gasteiger partial charge in [0.15, 0.2) is 0 Å². The first-order chi connectivity index (χ1) is 9.62. The van der Waals surface area contributed by atoms with E-state index in [1.54, 1.807) is 19.2 Å². The second-order valence-corrected chi connectivity index (χ2v) is 4.85. The Kier molecular flexibility index (Phi) is 7.23. The minimum absolute atomic E-state index is 0.0716. The van der Waals surface area contributed by atoms with E-state index in [1.807, 2.05) is 4.90 Å². The molecule has 0 aliphatic heterocycles. The molecule has 0 aliphatic carbocycles. The molecule has 0 aliphatic rings. The summed E-state index contributed by atoms with van der Waals surface area (Å²) >= 11 is 0. The van der Waals surface area contributed by atoms with Crippen LogP contribution in [0.3, 0.4) is 0 Å². The molecule has 0 unspecified atom stereocenters. The molecular formula is C16H24FNO2. The molecule has 0 atom stereocenters. The van der Waals surface area contributed by atoms with Crippen molar-refractivity contribution in [2.24, 2.45) is 0 Å². The molecule has 0 saturated heterocycles. The van der Waals surface area contributed by atoms with Crippen LogP contribution in [0, 0.1) is 5.82 Å². The highest BCUT2D eigenvalue weighted by Gasteiger charge is 2.20. The van der Waals surface area contributed by atoms with Gasteiger partial charge >= 0.3 is 0 Å². The van der Waals surface area contributed by atoms with Crippen molar-refractivity contribution in [3.05, 3.63) is 35.6 Å². The largest absolute Gasteiger partial charge is 0.383 e. The number of halogens is 1. The number of benzene rings is 1. The molecule has 0 fully saturated rings. The molecule has 0 aromatic heterocycles. The summed E-state index contributed by atoms with van der Waals surface area (Å²) in [6.07, 6.45) is 2.16. The Morgan fingerprint density at radius 3 is 2.35 bits per heavy atom. The third-order valence-electron chi connectivity index (χ3n) is 3.51. The van der Waals surface area contributed by atoms with Crippen molar-refractivity contribution in [3.63, 3.8) is 0 Å². The molecule has 0 spiro atoms. The van der Waals surface area contributed by atoms with Crippen molar-refractivity contribution in [1.29, 1.82) is 0 Å². The zero-order valence-electron chi connectivity index (χ0n) is 12.6. The lowest BCUT2D eigenvalue weighted by molar-refractivity contribution is -0.133. The van der Waals surface area contributed by atoms with E-state index >= 15 is 0 Å². The SMILES string of the molecule is CCC(CC)N(CCOC)C(=O)Cc1ccc(F)cc1. The first-order valence-corrected chi connectivity index (χ1v) is 7.15. The second kappa shape index (κ2) is 8.69. The molecule has 1 aromatic carbocycles. The third kappa shape index (κ3) is 4.93. The molecule has 112 valence electrons. The molecule has 1 rings (SSSR count). The monoisotopic (exact) mass is 281 g/mol. The van der Waals surface area contributed by atoms with Gasteiger partial charge in [0.2, 0.25) is 5.91 Å². The van der Waals surface area contributed by atoms with E-state index < -0.39 is 0 Å². The van der Waals surface area contributed by atoms with Crippen LogP contribution >= 0.6 is 0 Å². The molecule has 0 saturated carbocycles. The number of hydrogen-bond acceptors (Lipinski definition) is 2. The summed E-state index contributed by atoms with van der Waals surface area (Å²) in [5.74, 6) is -0.209. The molecular weight excluding hydrogens is 257 g/mol. The first-order valence-electron chi connectivity index (χ1n) is 7.15. The first kappa shape index (κ1) is 16.6. The number of amides is 1. The highest BCUT2D eigenvalue weighted by molar-refractivity contribution is 5.79. The standard InChI is InChI=1S/C16H24FNO2/c1-4-15(5-2)18(10-11-20-3)16(19)12-13-6-8-14(17)9-7-13/h6-9,15H,4-5,10-12H2,1-3H3. The van der Waals surface area contributed by atoms with Crippen LogP contribution in [0.15, 0.2) is 24.3 Å². The summed E-state index contributed by atoms with van der Waals surface area (Å²) in [6, 6.07) is 6.33. The molecule has 4 heteroatoms. The topological polar surface area (TPSA) is 29.5 Å². The molecule has 0 N–H and O–H groups in total. The van der Waals surface area contributed by atoms with Crippen molar-refractivity contribution in [2.75, 3.05) is 20.3 Å². The van der Waals surface area contributed by atoms with Crippen LogP contribution in [-0.2, 0) is 16.0 Å². The molecule has 0 radical (unpaired) electrons. The Morgan fingerprint density at radius 1 is 1.25 bits per heavy atom. The van der Waals surface area contributed by atoms with Gasteiger partial charge in [0.25, 0.3) is 0 Å². The smallest absolute Gasteiger partial charge is 0.227 e. The summed E-state index contributed by atoms with van der Waals surface area (Å²) in [4.78, 5) is 14.3. The van der Waals surface area contributed by atoms with Gasteiger partial charge < -0.3 is 9.64 Å². The van der Waals surface area contributed by atoms with Gasteiger partial charge in [0.1, 0.15) is 5.82 Å². The van der Waals surface area contributed by atoms with Crippen LogP contribution in [0.4, 0.5) is 4.39 Å². The van der Waals surface area contributed by atoms with Crippen LogP contribution in [0.1, 0.15) is 32.3 Å². The van der Waals surface area contributed by atoms with E-state index in [0.29, 0.717) is 19.6 Å². The second-order valence-electron chi connectivity index (χ2n) is 4.85. The van der Waals surface area contributed by atoms with Crippen LogP contribution in [-0.4, -0.2) is 37.1 Å². The average Bonchev–Trinajstić information content (AvgIpc) is 2.45. The van der Waals surface area contributed by atoms with Crippen LogP contribution in [0.25, 0.3) is 0 Å². The fourth-order valence-corrected chi connectivity index (χ4v) is 2.31. The van der Waals surface area contributed by atoms with Gasteiger partial charge in [-0.25, -0.2) is 4.39 Å². The van der Waals surface area contributed by atoms with E-state index in [4.69, 9.17) is 4.74 Å². The predicted octanol–water partition coefficient (Wildman–Crippen LogP) is 3.03. The summed E-state index contributed by atoms with van der Waals surface area (Å²) < 4.78 is 18.0. The van der Waals surface area contributed by atoms with Gasteiger partial charge in [-0.1, -0.05) is 26.0 Å². The number of nitrogens with zero attached hydrogens (tertiary/aromatic N) is 1. The van der Waals surface area contributed by atoms with Gasteiger partial charge in [0.05, 0.1) is 13.0 Å². The van der Waals surface area contributed by atoms with Gasteiger partial charge in [-0.2, -0.15) is 0 Å². The van der Waals surface area contributed by atoms with Crippen molar-refractivity contribution < 1.29 is 13.9 Å². The molecule has 0 heterocycles. The van der Waals surface area contributed by atoms with E-state index in [0.717, 1.165) is 18.4 Å². The Balaban J connectivity index is 2.73. The molecule has 1 aromatic rings. The minimum atomic E-state index is -0.280. The Morgan fingerprint density at radius 2 is 1.85 bits per heavy atom. The zero-order chi connectivity index (χ0) is 15.0. The predicted molar refractivity (Wildman–Crippen MR) is 78.1 cm³/mol. The number of ether oxygens (including phenoxy) is 1. The number of hydrogen-bond donors (Lipinski definition) is 0. The zero-order valence-corrected chi connectivity index (χ0v) is 12.6. The normalized spacial score (nSPS) is 10.8. The molecule has 1 amide bonds. The maximum Gasteiger partial charge on any atom is 0.227 e. The van der Waals surface area contributed by atoms with Crippen LogP contribution in [0.5, 0.6) is 0 Å². The lowest BCUT2D eigenvalue weighted by Crippen LogP contribution is -2.42. The van der Waals surface area contributed by atoms with Gasteiger partial charge in [-0.15, -0.1) is 0 Å². The molecule has 20 heavy (non-hydrogen) atoms. The highest BCUT2D eigenvalue weighted by atomic mass is 19.1. The summed E-state index contributed by atoms with van der Waals surface area (Å²) in [5, 5.41) is 0. The van der Waals surface area contributed by atoms with Crippen molar-refractivity contribution in [2.45, 2.75) is 39.2 Å². The summed E-state index contributed by atoms with van der Waals surface area (Å²) in [7, 11) is 1.63. The van der Waals surface area contributed by atoms with Gasteiger partial charge in [0, 0.05) is 19.7 Å². The molecule has 3 nitrogen and oxygen atoms in total. The molecule has 0 bridgehead atoms.